The number of H-pyrrole nitrogens is 1. The summed E-state index contributed by atoms with van der Waals surface area (Å²) >= 11 is 0. The van der Waals surface area contributed by atoms with E-state index in [1.54, 1.807) is 21.0 Å². The fourth-order valence-electron chi connectivity index (χ4n) is 5.71. The van der Waals surface area contributed by atoms with Crippen molar-refractivity contribution in [3.8, 4) is 11.5 Å². The quantitative estimate of drug-likeness (QED) is 0.453. The highest BCUT2D eigenvalue weighted by atomic mass is 19.1. The molecule has 0 bridgehead atoms. The number of aromatic amines is 1. The van der Waals surface area contributed by atoms with Gasteiger partial charge in [0.2, 0.25) is 0 Å². The van der Waals surface area contributed by atoms with E-state index < -0.39 is 5.67 Å². The van der Waals surface area contributed by atoms with Gasteiger partial charge in [-0.15, -0.1) is 0 Å². The van der Waals surface area contributed by atoms with Crippen LogP contribution in [-0.4, -0.2) is 78.3 Å². The molecule has 1 aromatic heterocycles. The van der Waals surface area contributed by atoms with Crippen LogP contribution in [0, 0.1) is 5.92 Å². The van der Waals surface area contributed by atoms with Gasteiger partial charge in [-0.2, -0.15) is 5.10 Å². The predicted octanol–water partition coefficient (Wildman–Crippen LogP) is 4.94. The number of halogens is 2. The lowest BCUT2D eigenvalue weighted by Crippen LogP contribution is -2.49. The van der Waals surface area contributed by atoms with Crippen molar-refractivity contribution in [2.45, 2.75) is 44.9 Å². The summed E-state index contributed by atoms with van der Waals surface area (Å²) in [6.45, 7) is 8.38. The average Bonchev–Trinajstić information content (AvgIpc) is 3.30. The summed E-state index contributed by atoms with van der Waals surface area (Å²) in [6, 6.07) is 10.1. The minimum atomic E-state index is -1.35. The summed E-state index contributed by atoms with van der Waals surface area (Å²) < 4.78 is 39.6. The Labute approximate surface area is 211 Å². The Morgan fingerprint density at radius 1 is 1.17 bits per heavy atom. The molecular weight excluding hydrogens is 462 g/mol. The van der Waals surface area contributed by atoms with E-state index in [2.05, 4.69) is 39.1 Å². The summed E-state index contributed by atoms with van der Waals surface area (Å²) in [6.07, 6.45) is 2.71. The summed E-state index contributed by atoms with van der Waals surface area (Å²) in [5.41, 5.74) is 3.04. The maximum Gasteiger partial charge on any atom is 0.127 e. The number of ether oxygens (including phenoxy) is 2. The standard InChI is InChI=1S/C28H36F2N4O2/c1-18-11-23-21(7-8-25-24(23)14-31-32-25)27(34(18)17-28(2,3)30)22-6-5-20(12-26(22)35-4)36-10-9-33-15-19(13-29)16-33/h5-8,12,14,18-19,27H,9-11,13,15-17H2,1-4H3,(H,31,32)/t18-,27?/m1/s1. The smallest absolute Gasteiger partial charge is 0.127 e. The Bertz CT molecular complexity index is 1200. The molecule has 0 aliphatic carbocycles. The van der Waals surface area contributed by atoms with Crippen molar-refractivity contribution < 1.29 is 18.3 Å². The lowest BCUT2D eigenvalue weighted by molar-refractivity contribution is 0.0660. The van der Waals surface area contributed by atoms with E-state index in [0.29, 0.717) is 18.9 Å². The zero-order chi connectivity index (χ0) is 25.4. The zero-order valence-corrected chi connectivity index (χ0v) is 21.6. The molecule has 8 heteroatoms. The average molecular weight is 499 g/mol. The molecule has 2 atom stereocenters. The minimum absolute atomic E-state index is 0.128. The van der Waals surface area contributed by atoms with Gasteiger partial charge < -0.3 is 9.47 Å². The number of rotatable bonds is 9. The van der Waals surface area contributed by atoms with Crippen molar-refractivity contribution in [2.75, 3.05) is 46.6 Å². The summed E-state index contributed by atoms with van der Waals surface area (Å²) in [5.74, 6) is 1.61. The molecule has 2 aromatic carbocycles. The maximum atomic E-state index is 15.0. The molecule has 1 unspecified atom stereocenters. The lowest BCUT2D eigenvalue weighted by atomic mass is 9.82. The van der Waals surface area contributed by atoms with Crippen LogP contribution in [0.25, 0.3) is 10.9 Å². The lowest BCUT2D eigenvalue weighted by Gasteiger charge is -2.44. The van der Waals surface area contributed by atoms with Gasteiger partial charge in [0.25, 0.3) is 0 Å². The first-order valence-corrected chi connectivity index (χ1v) is 12.8. The predicted molar refractivity (Wildman–Crippen MR) is 137 cm³/mol. The molecule has 2 aliphatic heterocycles. The molecule has 3 aromatic rings. The van der Waals surface area contributed by atoms with Crippen molar-refractivity contribution >= 4 is 10.9 Å². The molecule has 5 rings (SSSR count). The topological polar surface area (TPSA) is 53.6 Å². The molecule has 1 N–H and O–H groups in total. The van der Waals surface area contributed by atoms with E-state index in [1.807, 2.05) is 24.4 Å². The van der Waals surface area contributed by atoms with Gasteiger partial charge in [0.05, 0.1) is 31.5 Å². The van der Waals surface area contributed by atoms with E-state index in [0.717, 1.165) is 53.8 Å². The van der Waals surface area contributed by atoms with Crippen LogP contribution in [0.4, 0.5) is 8.78 Å². The van der Waals surface area contributed by atoms with E-state index in [4.69, 9.17) is 9.47 Å². The second kappa shape index (κ2) is 9.98. The number of hydrogen-bond donors (Lipinski definition) is 1. The molecule has 1 saturated heterocycles. The van der Waals surface area contributed by atoms with E-state index >= 15 is 4.39 Å². The van der Waals surface area contributed by atoms with Gasteiger partial charge in [-0.3, -0.25) is 19.3 Å². The molecule has 36 heavy (non-hydrogen) atoms. The molecule has 0 saturated carbocycles. The third kappa shape index (κ3) is 4.93. The molecular formula is C28H36F2N4O2. The van der Waals surface area contributed by atoms with Crippen LogP contribution in [0.2, 0.25) is 0 Å². The summed E-state index contributed by atoms with van der Waals surface area (Å²) in [4.78, 5) is 4.45. The Balaban J connectivity index is 1.45. The monoisotopic (exact) mass is 498 g/mol. The van der Waals surface area contributed by atoms with Crippen LogP contribution in [0.15, 0.2) is 36.5 Å². The number of fused-ring (bicyclic) bond motifs is 3. The van der Waals surface area contributed by atoms with E-state index in [-0.39, 0.29) is 24.7 Å². The van der Waals surface area contributed by atoms with Gasteiger partial charge in [-0.05, 0) is 56.5 Å². The Morgan fingerprint density at radius 2 is 1.94 bits per heavy atom. The number of nitrogens with one attached hydrogen (secondary N) is 1. The number of nitrogens with zero attached hydrogens (tertiary/aromatic N) is 3. The van der Waals surface area contributed by atoms with Gasteiger partial charge in [0, 0.05) is 55.2 Å². The van der Waals surface area contributed by atoms with Crippen LogP contribution in [0.1, 0.15) is 43.5 Å². The number of likely N-dealkylation sites (tertiary alicyclic amines) is 1. The third-order valence-electron chi connectivity index (χ3n) is 7.45. The van der Waals surface area contributed by atoms with Crippen LogP contribution >= 0.6 is 0 Å². The molecule has 6 nitrogen and oxygen atoms in total. The van der Waals surface area contributed by atoms with Gasteiger partial charge in [-0.1, -0.05) is 6.07 Å². The van der Waals surface area contributed by atoms with Gasteiger partial charge in [0.1, 0.15) is 23.8 Å². The van der Waals surface area contributed by atoms with Crippen molar-refractivity contribution in [2.24, 2.45) is 5.92 Å². The molecule has 0 spiro atoms. The first-order valence-electron chi connectivity index (χ1n) is 12.8. The number of aromatic nitrogens is 2. The van der Waals surface area contributed by atoms with Crippen molar-refractivity contribution in [1.82, 2.24) is 20.0 Å². The fourth-order valence-corrected chi connectivity index (χ4v) is 5.71. The van der Waals surface area contributed by atoms with Gasteiger partial charge in [-0.25, -0.2) is 4.39 Å². The number of hydrogen-bond acceptors (Lipinski definition) is 5. The normalized spacial score (nSPS) is 21.4. The van der Waals surface area contributed by atoms with Crippen LogP contribution < -0.4 is 9.47 Å². The van der Waals surface area contributed by atoms with Crippen molar-refractivity contribution in [3.63, 3.8) is 0 Å². The number of benzene rings is 2. The molecule has 0 radical (unpaired) electrons. The van der Waals surface area contributed by atoms with E-state index in [9.17, 15) is 4.39 Å². The minimum Gasteiger partial charge on any atom is -0.496 e. The molecule has 0 amide bonds. The Morgan fingerprint density at radius 3 is 2.67 bits per heavy atom. The summed E-state index contributed by atoms with van der Waals surface area (Å²) in [5, 5.41) is 8.44. The second-order valence-electron chi connectivity index (χ2n) is 10.8. The molecule has 3 heterocycles. The SMILES string of the molecule is COc1cc(OCCN2CC(CF)C2)ccc1C1c2ccc3[nH]ncc3c2C[C@@H](C)N1CC(C)(C)F. The first kappa shape index (κ1) is 25.0. The molecule has 194 valence electrons. The highest BCUT2D eigenvalue weighted by Gasteiger charge is 2.38. The maximum absolute atomic E-state index is 15.0. The first-order chi connectivity index (χ1) is 17.3. The second-order valence-corrected chi connectivity index (χ2v) is 10.8. The summed E-state index contributed by atoms with van der Waals surface area (Å²) in [7, 11) is 1.66. The third-order valence-corrected chi connectivity index (χ3v) is 7.45. The Hall–Kier alpha value is -2.71. The van der Waals surface area contributed by atoms with Crippen molar-refractivity contribution in [1.29, 1.82) is 0 Å². The van der Waals surface area contributed by atoms with E-state index in [1.165, 1.54) is 5.56 Å². The fraction of sp³-hybridized carbons (Fsp3) is 0.536. The molecule has 1 fully saturated rings. The van der Waals surface area contributed by atoms with Gasteiger partial charge in [0.15, 0.2) is 0 Å². The largest absolute Gasteiger partial charge is 0.496 e. The zero-order valence-electron chi connectivity index (χ0n) is 21.6. The van der Waals surface area contributed by atoms with Crippen molar-refractivity contribution in [3.05, 3.63) is 53.2 Å². The van der Waals surface area contributed by atoms with Crippen LogP contribution in [0.5, 0.6) is 11.5 Å². The van der Waals surface area contributed by atoms with Crippen LogP contribution in [0.3, 0.4) is 0 Å². The number of methoxy groups -OCH3 is 1. The number of alkyl halides is 2. The van der Waals surface area contributed by atoms with Gasteiger partial charge >= 0.3 is 0 Å². The highest BCUT2D eigenvalue weighted by Crippen LogP contribution is 2.44. The molecule has 2 aliphatic rings. The Kier molecular flexibility index (Phi) is 6.92. The highest BCUT2D eigenvalue weighted by molar-refractivity contribution is 5.83. The van der Waals surface area contributed by atoms with Crippen LogP contribution in [-0.2, 0) is 6.42 Å².